The van der Waals surface area contributed by atoms with Gasteiger partial charge in [0.25, 0.3) is 0 Å². The van der Waals surface area contributed by atoms with Crippen LogP contribution in [0.4, 0.5) is 0 Å². The highest BCUT2D eigenvalue weighted by Gasteiger charge is 2.65. The average molecular weight is 711 g/mol. The number of carbonyl (C=O) groups excluding carboxylic acids is 4. The Morgan fingerprint density at radius 1 is 0.804 bits per heavy atom. The first-order valence-corrected chi connectivity index (χ1v) is 17.7. The highest BCUT2D eigenvalue weighted by atomic mass is 32.2. The van der Waals surface area contributed by atoms with Crippen molar-refractivity contribution in [3.63, 3.8) is 0 Å². The summed E-state index contributed by atoms with van der Waals surface area (Å²) in [5.74, 6) is -3.66. The van der Waals surface area contributed by atoms with Gasteiger partial charge in [0.1, 0.15) is 47.0 Å². The third-order valence-electron chi connectivity index (χ3n) is 8.26. The van der Waals surface area contributed by atoms with Crippen LogP contribution in [-0.2, 0) is 28.8 Å². The van der Waals surface area contributed by atoms with Gasteiger partial charge < -0.3 is 42.1 Å². The van der Waals surface area contributed by atoms with Crippen LogP contribution in [0.1, 0.15) is 50.2 Å². The van der Waals surface area contributed by atoms with Crippen LogP contribution in [0, 0.1) is 0 Å². The zero-order valence-electron chi connectivity index (χ0n) is 25.1. The minimum absolute atomic E-state index is 0.363. The lowest BCUT2D eigenvalue weighted by Gasteiger charge is -2.43. The summed E-state index contributed by atoms with van der Waals surface area (Å²) >= 11 is 5.59. The van der Waals surface area contributed by atoms with Gasteiger partial charge in [-0.15, -0.1) is 34.9 Å². The van der Waals surface area contributed by atoms with Gasteiger partial charge in [0.2, 0.25) is 23.6 Å². The van der Waals surface area contributed by atoms with Crippen molar-refractivity contribution in [1.82, 2.24) is 20.4 Å². The lowest BCUT2D eigenvalue weighted by Crippen LogP contribution is -2.71. The second-order valence-corrected chi connectivity index (χ2v) is 17.5. The lowest BCUT2D eigenvalue weighted by atomic mass is 9.96. The van der Waals surface area contributed by atoms with Gasteiger partial charge in [-0.2, -0.15) is 11.3 Å². The summed E-state index contributed by atoms with van der Waals surface area (Å²) in [4.78, 5) is 75.3. The van der Waals surface area contributed by atoms with Crippen LogP contribution in [0.3, 0.4) is 0 Å². The Morgan fingerprint density at radius 3 is 1.67 bits per heavy atom. The fourth-order valence-corrected chi connectivity index (χ4v) is 10.7. The second kappa shape index (κ2) is 12.5. The normalized spacial score (nSPS) is 29.6. The van der Waals surface area contributed by atoms with Crippen molar-refractivity contribution >= 4 is 81.8 Å². The molecule has 8 atom stereocenters. The number of thiophene rings is 2. The van der Waals surface area contributed by atoms with Crippen LogP contribution >= 0.6 is 46.2 Å². The molecular weight excluding hydrogens is 677 g/mol. The number of fused-ring (bicyclic) bond motifs is 2. The molecule has 0 spiro atoms. The maximum Gasteiger partial charge on any atom is 0.327 e. The summed E-state index contributed by atoms with van der Waals surface area (Å²) in [6, 6.07) is 0.450. The number of carboxylic acids is 2. The first kappa shape index (κ1) is 34.2. The number of thioether (sulfide) groups is 2. The number of β-lactam (4-membered cyclic amide) rings is 2. The van der Waals surface area contributed by atoms with E-state index in [1.54, 1.807) is 51.3 Å². The predicted octanol–water partition coefficient (Wildman–Crippen LogP) is 0.759. The monoisotopic (exact) mass is 710 g/mol. The van der Waals surface area contributed by atoms with Crippen LogP contribution in [-0.4, -0.2) is 100.0 Å². The van der Waals surface area contributed by atoms with E-state index in [1.165, 1.54) is 56.0 Å². The van der Waals surface area contributed by atoms with Gasteiger partial charge in [-0.25, -0.2) is 9.59 Å². The molecule has 6 heterocycles. The molecule has 248 valence electrons. The molecule has 14 nitrogen and oxygen atoms in total. The number of aliphatic carboxylic acids is 2. The van der Waals surface area contributed by atoms with E-state index in [-0.39, 0.29) is 22.6 Å². The van der Waals surface area contributed by atoms with Gasteiger partial charge in [-0.1, -0.05) is 6.07 Å². The van der Waals surface area contributed by atoms with Crippen molar-refractivity contribution < 1.29 is 39.0 Å². The van der Waals surface area contributed by atoms with E-state index >= 15 is 0 Å². The number of nitrogens with one attached hydrogen (secondary N) is 2. The van der Waals surface area contributed by atoms with Crippen LogP contribution in [0.5, 0.6) is 0 Å². The molecule has 0 aliphatic carbocycles. The Hall–Kier alpha value is -3.16. The summed E-state index contributed by atoms with van der Waals surface area (Å²) in [5, 5.41) is 28.7. The maximum absolute atomic E-state index is 12.3. The molecule has 46 heavy (non-hydrogen) atoms. The fraction of sp³-hybridized carbons (Fsp3) is 0.500. The first-order valence-electron chi connectivity index (χ1n) is 14.1. The molecule has 2 aromatic rings. The van der Waals surface area contributed by atoms with E-state index in [0.29, 0.717) is 10.4 Å². The van der Waals surface area contributed by atoms with E-state index in [2.05, 4.69) is 10.6 Å². The smallest absolute Gasteiger partial charge is 0.327 e. The Balaban J connectivity index is 0.000000181. The highest BCUT2D eigenvalue weighted by Crippen LogP contribution is 2.52. The van der Waals surface area contributed by atoms with Crippen molar-refractivity contribution in [2.24, 2.45) is 11.5 Å². The number of nitrogens with zero attached hydrogens (tertiary/aromatic N) is 2. The van der Waals surface area contributed by atoms with Crippen molar-refractivity contribution in [3.05, 3.63) is 44.8 Å². The maximum atomic E-state index is 12.3. The Labute approximate surface area is 280 Å². The first-order chi connectivity index (χ1) is 21.5. The number of rotatable bonds is 8. The molecule has 2 aromatic heterocycles. The largest absolute Gasteiger partial charge is 0.480 e. The zero-order valence-corrected chi connectivity index (χ0v) is 28.4. The molecule has 4 fully saturated rings. The van der Waals surface area contributed by atoms with Gasteiger partial charge in [0, 0.05) is 14.4 Å². The Kier molecular flexibility index (Phi) is 9.26. The van der Waals surface area contributed by atoms with Gasteiger partial charge in [0.15, 0.2) is 0 Å². The zero-order chi connectivity index (χ0) is 33.9. The molecule has 2 unspecified atom stereocenters. The Bertz CT molecular complexity index is 1440. The third-order valence-corrected chi connectivity index (χ3v) is 13.1. The minimum Gasteiger partial charge on any atom is -0.480 e. The molecule has 6 rings (SSSR count). The van der Waals surface area contributed by atoms with E-state index in [4.69, 9.17) is 11.5 Å². The van der Waals surface area contributed by atoms with Crippen molar-refractivity contribution in [2.45, 2.75) is 84.2 Å². The average Bonchev–Trinajstić information content (AvgIpc) is 3.78. The lowest BCUT2D eigenvalue weighted by molar-refractivity contribution is -0.161. The number of hydrogen-bond donors (Lipinski definition) is 6. The molecule has 0 saturated carbocycles. The molecular formula is C28H34N6O8S4. The summed E-state index contributed by atoms with van der Waals surface area (Å²) in [6.07, 6.45) is 0. The molecule has 4 amide bonds. The molecule has 4 aliphatic heterocycles. The summed E-state index contributed by atoms with van der Waals surface area (Å²) < 4.78 is -1.22. The number of nitrogens with two attached hydrogens (primary N) is 2. The summed E-state index contributed by atoms with van der Waals surface area (Å²) in [7, 11) is 0. The molecule has 4 aliphatic rings. The molecule has 4 saturated heterocycles. The minimum atomic E-state index is -1.03. The Morgan fingerprint density at radius 2 is 1.28 bits per heavy atom. The van der Waals surface area contributed by atoms with Crippen LogP contribution in [0.15, 0.2) is 34.3 Å². The number of carbonyl (C=O) groups is 6. The number of carboxylic acid groups (broad SMARTS) is 2. The predicted molar refractivity (Wildman–Crippen MR) is 174 cm³/mol. The molecule has 18 heteroatoms. The second-order valence-electron chi connectivity index (χ2n) is 12.2. The SMILES string of the molecule is CC1(C)S[C@@H]2[C@H](NC(=O)C(N)c3cccs3)C(=O)N2[C@H]1C(=O)O.CC1(C)S[C@@H]2[C@H](NC(=O)C(N)c3ccsc3)C(=O)N2[C@H]1C(=O)O. The van der Waals surface area contributed by atoms with E-state index in [9.17, 15) is 39.0 Å². The summed E-state index contributed by atoms with van der Waals surface area (Å²) in [5.41, 5.74) is 12.5. The molecule has 0 radical (unpaired) electrons. The van der Waals surface area contributed by atoms with E-state index in [1.807, 2.05) is 10.8 Å². The molecule has 0 aromatic carbocycles. The topological polar surface area (TPSA) is 225 Å². The fourth-order valence-electron chi connectivity index (χ4n) is 5.98. The third kappa shape index (κ3) is 5.90. The highest BCUT2D eigenvalue weighted by molar-refractivity contribution is 8.02. The quantitative estimate of drug-likeness (QED) is 0.209. The number of hydrogen-bond acceptors (Lipinski definition) is 12. The van der Waals surface area contributed by atoms with Crippen LogP contribution < -0.4 is 22.1 Å². The number of amides is 4. The van der Waals surface area contributed by atoms with E-state index in [0.717, 1.165) is 0 Å². The van der Waals surface area contributed by atoms with Crippen molar-refractivity contribution in [2.75, 3.05) is 0 Å². The summed E-state index contributed by atoms with van der Waals surface area (Å²) in [6.45, 7) is 7.16. The molecule has 8 N–H and O–H groups in total. The van der Waals surface area contributed by atoms with Gasteiger partial charge in [0.05, 0.1) is 0 Å². The van der Waals surface area contributed by atoms with Crippen LogP contribution in [0.25, 0.3) is 0 Å². The van der Waals surface area contributed by atoms with Gasteiger partial charge >= 0.3 is 11.9 Å². The standard InChI is InChI=1S/2C14H17N3O4S2/c1-14(2)9(13(20)21)17-11(19)8(12(17)23-14)16-10(18)7(15)6-3-4-22-5-6;1-14(2)9(13(20)21)17-11(19)8(12(17)23-14)16-10(18)7(15)6-4-3-5-22-6/h2*3-5,7-9,12H,15H2,1-2H3,(H,16,18)(H,20,21)/t2*7?,8-,9+,12-/m11/s1. The van der Waals surface area contributed by atoms with Crippen molar-refractivity contribution in [1.29, 1.82) is 0 Å². The van der Waals surface area contributed by atoms with Crippen LogP contribution in [0.2, 0.25) is 0 Å². The van der Waals surface area contributed by atoms with E-state index < -0.39 is 69.5 Å². The van der Waals surface area contributed by atoms with Crippen molar-refractivity contribution in [3.8, 4) is 0 Å². The molecule has 0 bridgehead atoms. The van der Waals surface area contributed by atoms with Gasteiger partial charge in [-0.05, 0) is 61.5 Å². The van der Waals surface area contributed by atoms with Gasteiger partial charge in [-0.3, -0.25) is 19.2 Å².